The third-order valence-corrected chi connectivity index (χ3v) is 6.09. The second-order valence-corrected chi connectivity index (χ2v) is 10.5. The topological polar surface area (TPSA) is 94.3 Å². The highest BCUT2D eigenvalue weighted by molar-refractivity contribution is 6.31. The van der Waals surface area contributed by atoms with Crippen LogP contribution < -0.4 is 11.1 Å². The van der Waals surface area contributed by atoms with Gasteiger partial charge in [-0.15, -0.1) is 0 Å². The number of halogens is 1. The number of aromatic nitrogens is 1. The van der Waals surface area contributed by atoms with Crippen molar-refractivity contribution in [3.8, 4) is 11.1 Å². The van der Waals surface area contributed by atoms with Gasteiger partial charge in [-0.1, -0.05) is 48.0 Å². The smallest absolute Gasteiger partial charge is 0.338 e. The van der Waals surface area contributed by atoms with Crippen LogP contribution >= 0.6 is 11.6 Å². The lowest BCUT2D eigenvalue weighted by atomic mass is 9.93. The third kappa shape index (κ3) is 6.99. The molecule has 6 nitrogen and oxygen atoms in total. The zero-order valence-corrected chi connectivity index (χ0v) is 22.3. The quantitative estimate of drug-likeness (QED) is 0.201. The average Bonchev–Trinajstić information content (AvgIpc) is 2.89. The maximum Gasteiger partial charge on any atom is 0.338 e. The maximum absolute atomic E-state index is 13.5. The summed E-state index contributed by atoms with van der Waals surface area (Å²) in [6.07, 6.45) is 2.17. The number of esters is 1. The minimum Gasteiger partial charge on any atom is -0.456 e. The van der Waals surface area contributed by atoms with Gasteiger partial charge >= 0.3 is 5.97 Å². The monoisotopic (exact) mass is 527 g/mol. The number of ether oxygens (including phenoxy) is 1. The molecule has 0 spiro atoms. The standard InChI is InChI=1S/C31H30ClN3O3/c1-31(2,3)38-30(37)21-9-13-24(14-10-21)35-29(36)26(17-20-7-5-4-6-8-20)28-16-11-22(19-34-28)25-18-23(32)12-15-27(25)33/h4-16,18-19,26H,17,33H2,1-3H3,(H,35,36). The Bertz CT molecular complexity index is 1410. The van der Waals surface area contributed by atoms with Gasteiger partial charge in [0.1, 0.15) is 5.60 Å². The minimum absolute atomic E-state index is 0.207. The predicted molar refractivity (Wildman–Crippen MR) is 152 cm³/mol. The van der Waals surface area contributed by atoms with Gasteiger partial charge in [0.05, 0.1) is 17.2 Å². The molecule has 0 aliphatic rings. The van der Waals surface area contributed by atoms with Crippen molar-refractivity contribution in [3.05, 3.63) is 113 Å². The van der Waals surface area contributed by atoms with Crippen molar-refractivity contribution < 1.29 is 14.3 Å². The molecule has 0 saturated carbocycles. The van der Waals surface area contributed by atoms with E-state index in [0.717, 1.165) is 16.7 Å². The molecule has 4 aromatic rings. The highest BCUT2D eigenvalue weighted by Gasteiger charge is 2.24. The molecule has 1 aromatic heterocycles. The van der Waals surface area contributed by atoms with Gasteiger partial charge in [0, 0.05) is 33.7 Å². The fourth-order valence-corrected chi connectivity index (χ4v) is 4.16. The number of amides is 1. The zero-order valence-electron chi connectivity index (χ0n) is 21.6. The van der Waals surface area contributed by atoms with E-state index in [1.807, 2.05) is 63.2 Å². The summed E-state index contributed by atoms with van der Waals surface area (Å²) in [5.41, 5.74) is 10.4. The fourth-order valence-electron chi connectivity index (χ4n) is 3.99. The molecular formula is C31H30ClN3O3. The summed E-state index contributed by atoms with van der Waals surface area (Å²) < 4.78 is 5.41. The molecule has 4 rings (SSSR count). The molecule has 7 heteroatoms. The van der Waals surface area contributed by atoms with Crippen LogP contribution in [-0.2, 0) is 16.0 Å². The molecule has 3 aromatic carbocycles. The number of pyridine rings is 1. The Balaban J connectivity index is 1.56. The molecule has 0 fully saturated rings. The van der Waals surface area contributed by atoms with Crippen LogP contribution in [0.4, 0.5) is 11.4 Å². The van der Waals surface area contributed by atoms with E-state index < -0.39 is 17.5 Å². The lowest BCUT2D eigenvalue weighted by Gasteiger charge is -2.20. The number of nitrogens with two attached hydrogens (primary N) is 1. The molecule has 1 unspecified atom stereocenters. The van der Waals surface area contributed by atoms with Gasteiger partial charge < -0.3 is 15.8 Å². The Labute approximate surface area is 227 Å². The molecule has 0 radical (unpaired) electrons. The zero-order chi connectivity index (χ0) is 27.3. The molecule has 1 amide bonds. The number of nitrogen functional groups attached to an aromatic ring is 1. The van der Waals surface area contributed by atoms with Crippen molar-refractivity contribution >= 4 is 34.9 Å². The normalized spacial score (nSPS) is 12.0. The van der Waals surface area contributed by atoms with Gasteiger partial charge in [0.15, 0.2) is 0 Å². The van der Waals surface area contributed by atoms with E-state index in [1.54, 1.807) is 48.7 Å². The highest BCUT2D eigenvalue weighted by Crippen LogP contribution is 2.30. The number of hydrogen-bond acceptors (Lipinski definition) is 5. The van der Waals surface area contributed by atoms with E-state index in [0.29, 0.717) is 34.1 Å². The van der Waals surface area contributed by atoms with E-state index in [2.05, 4.69) is 10.3 Å². The molecule has 1 heterocycles. The van der Waals surface area contributed by atoms with Crippen LogP contribution in [0.5, 0.6) is 0 Å². The summed E-state index contributed by atoms with van der Waals surface area (Å²) in [7, 11) is 0. The number of carbonyl (C=O) groups is 2. The van der Waals surface area contributed by atoms with Crippen LogP contribution in [0.3, 0.4) is 0 Å². The Morgan fingerprint density at radius 2 is 1.68 bits per heavy atom. The second-order valence-electron chi connectivity index (χ2n) is 10.0. The van der Waals surface area contributed by atoms with E-state index in [-0.39, 0.29) is 5.91 Å². The maximum atomic E-state index is 13.5. The van der Waals surface area contributed by atoms with Crippen LogP contribution in [0.1, 0.15) is 48.3 Å². The lowest BCUT2D eigenvalue weighted by molar-refractivity contribution is -0.117. The Morgan fingerprint density at radius 3 is 2.32 bits per heavy atom. The Kier molecular flexibility index (Phi) is 8.13. The van der Waals surface area contributed by atoms with Crippen LogP contribution in [0.15, 0.2) is 91.1 Å². The summed E-state index contributed by atoms with van der Waals surface area (Å²) in [5, 5.41) is 3.55. The number of nitrogens with zero attached hydrogens (tertiary/aromatic N) is 1. The first-order chi connectivity index (χ1) is 18.1. The first kappa shape index (κ1) is 26.9. The molecule has 1 atom stereocenters. The largest absolute Gasteiger partial charge is 0.456 e. The summed E-state index contributed by atoms with van der Waals surface area (Å²) in [6.45, 7) is 5.45. The number of anilines is 2. The number of carbonyl (C=O) groups excluding carboxylic acids is 2. The van der Waals surface area contributed by atoms with E-state index in [1.165, 1.54) is 0 Å². The van der Waals surface area contributed by atoms with Crippen molar-refractivity contribution in [1.29, 1.82) is 0 Å². The van der Waals surface area contributed by atoms with E-state index in [9.17, 15) is 9.59 Å². The minimum atomic E-state index is -0.588. The van der Waals surface area contributed by atoms with Crippen molar-refractivity contribution in [2.24, 2.45) is 0 Å². The molecule has 194 valence electrons. The first-order valence-corrected chi connectivity index (χ1v) is 12.7. The van der Waals surface area contributed by atoms with E-state index >= 15 is 0 Å². The van der Waals surface area contributed by atoms with Gasteiger partial charge in [-0.2, -0.15) is 0 Å². The summed E-state index contributed by atoms with van der Waals surface area (Å²) in [5.74, 6) is -1.17. The van der Waals surface area contributed by atoms with Crippen LogP contribution in [0.2, 0.25) is 5.02 Å². The van der Waals surface area contributed by atoms with Crippen molar-refractivity contribution in [1.82, 2.24) is 4.98 Å². The van der Waals surface area contributed by atoms with Crippen molar-refractivity contribution in [2.45, 2.75) is 38.7 Å². The summed E-state index contributed by atoms with van der Waals surface area (Å²) >= 11 is 6.16. The number of rotatable bonds is 7. The van der Waals surface area contributed by atoms with Crippen LogP contribution in [0.25, 0.3) is 11.1 Å². The molecule has 0 saturated heterocycles. The van der Waals surface area contributed by atoms with E-state index in [4.69, 9.17) is 22.1 Å². The molecule has 3 N–H and O–H groups in total. The van der Waals surface area contributed by atoms with Gasteiger partial charge in [0.25, 0.3) is 0 Å². The molecule has 0 aliphatic carbocycles. The van der Waals surface area contributed by atoms with Gasteiger partial charge in [-0.3, -0.25) is 9.78 Å². The molecule has 38 heavy (non-hydrogen) atoms. The summed E-state index contributed by atoms with van der Waals surface area (Å²) in [6, 6.07) is 25.5. The number of benzene rings is 3. The molecule has 0 bridgehead atoms. The second kappa shape index (κ2) is 11.5. The number of nitrogens with one attached hydrogen (secondary N) is 1. The third-order valence-electron chi connectivity index (χ3n) is 5.86. The number of hydrogen-bond donors (Lipinski definition) is 2. The predicted octanol–water partition coefficient (Wildman–Crippen LogP) is 6.90. The SMILES string of the molecule is CC(C)(C)OC(=O)c1ccc(NC(=O)C(Cc2ccccc2)c2ccc(-c3cc(Cl)ccc3N)cn2)cc1. The fraction of sp³-hybridized carbons (Fsp3) is 0.194. The Morgan fingerprint density at radius 1 is 0.974 bits per heavy atom. The van der Waals surface area contributed by atoms with Crippen molar-refractivity contribution in [3.63, 3.8) is 0 Å². The van der Waals surface area contributed by atoms with Gasteiger partial charge in [-0.25, -0.2) is 4.79 Å². The molecular weight excluding hydrogens is 498 g/mol. The van der Waals surface area contributed by atoms with Gasteiger partial charge in [-0.05, 0) is 81.3 Å². The first-order valence-electron chi connectivity index (χ1n) is 12.3. The lowest BCUT2D eigenvalue weighted by Crippen LogP contribution is -2.24. The van der Waals surface area contributed by atoms with Crippen LogP contribution in [-0.4, -0.2) is 22.5 Å². The summed E-state index contributed by atoms with van der Waals surface area (Å²) in [4.78, 5) is 30.5. The highest BCUT2D eigenvalue weighted by atomic mass is 35.5. The molecule has 0 aliphatic heterocycles. The van der Waals surface area contributed by atoms with Gasteiger partial charge in [0.2, 0.25) is 5.91 Å². The Hall–Kier alpha value is -4.16. The van der Waals surface area contributed by atoms with Crippen molar-refractivity contribution in [2.75, 3.05) is 11.1 Å². The average molecular weight is 528 g/mol. The van der Waals surface area contributed by atoms with Crippen LogP contribution in [0, 0.1) is 0 Å².